The van der Waals surface area contributed by atoms with Gasteiger partial charge in [-0.3, -0.25) is 10.1 Å². The fraction of sp³-hybridized carbons (Fsp3) is 0.120. The molecule has 0 fully saturated rings. The van der Waals surface area contributed by atoms with E-state index in [1.54, 1.807) is 0 Å². The van der Waals surface area contributed by atoms with Gasteiger partial charge in [-0.05, 0) is 28.3 Å². The van der Waals surface area contributed by atoms with Crippen LogP contribution in [0.3, 0.4) is 0 Å². The summed E-state index contributed by atoms with van der Waals surface area (Å²) in [5, 5.41) is 22.4. The lowest BCUT2D eigenvalue weighted by Gasteiger charge is -2.14. The van der Waals surface area contributed by atoms with Gasteiger partial charge in [0.15, 0.2) is 0 Å². The fourth-order valence-corrected chi connectivity index (χ4v) is 3.89. The molecule has 0 heterocycles. The van der Waals surface area contributed by atoms with Crippen LogP contribution in [0.2, 0.25) is 0 Å². The van der Waals surface area contributed by atoms with Crippen LogP contribution in [0.4, 0.5) is 14.9 Å². The van der Waals surface area contributed by atoms with E-state index < -0.39 is 34.1 Å². The van der Waals surface area contributed by atoms with E-state index in [0.29, 0.717) is 6.07 Å². The summed E-state index contributed by atoms with van der Waals surface area (Å²) < 4.78 is 19.4. The van der Waals surface area contributed by atoms with Crippen LogP contribution in [0.25, 0.3) is 11.1 Å². The van der Waals surface area contributed by atoms with E-state index in [4.69, 9.17) is 9.84 Å². The minimum atomic E-state index is -1.62. The van der Waals surface area contributed by atoms with Gasteiger partial charge < -0.3 is 15.2 Å². The average Bonchev–Trinajstić information content (AvgIpc) is 3.14. The molecule has 170 valence electrons. The highest BCUT2D eigenvalue weighted by Crippen LogP contribution is 2.44. The number of fused-ring (bicyclic) bond motifs is 3. The van der Waals surface area contributed by atoms with Crippen LogP contribution in [0.1, 0.15) is 33.0 Å². The third-order valence-corrected chi connectivity index (χ3v) is 5.40. The number of nitrogens with one attached hydrogen (secondary N) is 1. The topological polar surface area (TPSA) is 119 Å². The number of aromatic carboxylic acids is 1. The van der Waals surface area contributed by atoms with Crippen LogP contribution in [-0.2, 0) is 4.74 Å². The summed E-state index contributed by atoms with van der Waals surface area (Å²) in [5.41, 5.74) is 2.43. The maximum Gasteiger partial charge on any atom is 0.407 e. The molecular weight excluding hydrogens is 443 g/mol. The minimum Gasteiger partial charge on any atom is -0.477 e. The number of nitro groups is 1. The van der Waals surface area contributed by atoms with Crippen LogP contribution in [0.5, 0.6) is 0 Å². The molecule has 0 saturated carbocycles. The van der Waals surface area contributed by atoms with Crippen molar-refractivity contribution in [2.45, 2.75) is 5.92 Å². The highest BCUT2D eigenvalue weighted by atomic mass is 19.1. The lowest BCUT2D eigenvalue weighted by Crippen LogP contribution is -2.26. The quantitative estimate of drug-likeness (QED) is 0.333. The number of carboxylic acids is 1. The molecule has 0 radical (unpaired) electrons. The third kappa shape index (κ3) is 4.42. The summed E-state index contributed by atoms with van der Waals surface area (Å²) >= 11 is 0. The lowest BCUT2D eigenvalue weighted by atomic mass is 9.98. The lowest BCUT2D eigenvalue weighted by molar-refractivity contribution is -0.385. The van der Waals surface area contributed by atoms with Crippen LogP contribution in [-0.4, -0.2) is 35.2 Å². The number of carbonyl (C=O) groups excluding carboxylic acids is 1. The summed E-state index contributed by atoms with van der Waals surface area (Å²) in [7, 11) is 0. The van der Waals surface area contributed by atoms with Gasteiger partial charge in [-0.2, -0.15) is 0 Å². The molecule has 3 aromatic rings. The van der Waals surface area contributed by atoms with E-state index >= 15 is 0 Å². The molecule has 8 nitrogen and oxygen atoms in total. The van der Waals surface area contributed by atoms with Crippen LogP contribution in [0.15, 0.2) is 60.7 Å². The smallest absolute Gasteiger partial charge is 0.407 e. The van der Waals surface area contributed by atoms with E-state index in [0.717, 1.165) is 28.3 Å². The average molecular weight is 460 g/mol. The summed E-state index contributed by atoms with van der Waals surface area (Å²) in [4.78, 5) is 33.3. The molecular formula is C25H17FN2O6. The highest BCUT2D eigenvalue weighted by molar-refractivity contribution is 5.92. The Morgan fingerprint density at radius 2 is 1.71 bits per heavy atom. The largest absolute Gasteiger partial charge is 0.477 e. The van der Waals surface area contributed by atoms with Gasteiger partial charge >= 0.3 is 12.1 Å². The van der Waals surface area contributed by atoms with Crippen LogP contribution >= 0.6 is 0 Å². The van der Waals surface area contributed by atoms with E-state index in [2.05, 4.69) is 17.2 Å². The van der Waals surface area contributed by atoms with Gasteiger partial charge in [-0.25, -0.2) is 14.0 Å². The van der Waals surface area contributed by atoms with E-state index in [1.165, 1.54) is 0 Å². The Kier molecular flexibility index (Phi) is 6.23. The minimum absolute atomic E-state index is 0.105. The number of nitro benzene ring substituents is 1. The van der Waals surface area contributed by atoms with Crippen molar-refractivity contribution in [2.24, 2.45) is 0 Å². The van der Waals surface area contributed by atoms with Crippen molar-refractivity contribution < 1.29 is 28.7 Å². The van der Waals surface area contributed by atoms with Gasteiger partial charge in [0.1, 0.15) is 18.0 Å². The molecule has 0 atom stereocenters. The van der Waals surface area contributed by atoms with Crippen molar-refractivity contribution in [2.75, 3.05) is 13.2 Å². The first-order valence-electron chi connectivity index (χ1n) is 10.2. The van der Waals surface area contributed by atoms with Crippen LogP contribution in [0, 0.1) is 27.8 Å². The normalized spacial score (nSPS) is 11.6. The summed E-state index contributed by atoms with van der Waals surface area (Å²) in [6.45, 7) is -0.0879. The number of nitrogens with zero attached hydrogens (tertiary/aromatic N) is 1. The van der Waals surface area contributed by atoms with Gasteiger partial charge in [0.25, 0.3) is 5.69 Å². The SMILES string of the molecule is O=C(NCC#Cc1cc([N+](=O)[O-])c(C(=O)O)cc1F)OCC1c2ccccc2-c2ccccc21. The molecule has 0 spiro atoms. The number of hydrogen-bond donors (Lipinski definition) is 2. The zero-order valence-electron chi connectivity index (χ0n) is 17.6. The molecule has 0 aromatic heterocycles. The zero-order chi connectivity index (χ0) is 24.2. The van der Waals surface area contributed by atoms with Gasteiger partial charge in [0.2, 0.25) is 0 Å². The number of hydrogen-bond acceptors (Lipinski definition) is 5. The second-order valence-corrected chi connectivity index (χ2v) is 7.39. The molecule has 9 heteroatoms. The highest BCUT2D eigenvalue weighted by Gasteiger charge is 2.29. The maximum absolute atomic E-state index is 14.1. The molecule has 2 N–H and O–H groups in total. The van der Waals surface area contributed by atoms with Gasteiger partial charge in [0.05, 0.1) is 17.0 Å². The molecule has 34 heavy (non-hydrogen) atoms. The number of halogens is 1. The molecule has 1 aliphatic carbocycles. The number of alkyl carbamates (subject to hydrolysis) is 1. The van der Waals surface area contributed by atoms with E-state index in [-0.39, 0.29) is 24.6 Å². The fourth-order valence-electron chi connectivity index (χ4n) is 3.89. The van der Waals surface area contributed by atoms with Crippen molar-refractivity contribution in [3.63, 3.8) is 0 Å². The number of rotatable bonds is 5. The number of ether oxygens (including phenoxy) is 1. The van der Waals surface area contributed by atoms with E-state index in [9.17, 15) is 24.1 Å². The molecule has 0 bridgehead atoms. The monoisotopic (exact) mass is 460 g/mol. The molecule has 3 aromatic carbocycles. The van der Waals surface area contributed by atoms with Gasteiger partial charge in [0, 0.05) is 12.0 Å². The summed E-state index contributed by atoms with van der Waals surface area (Å²) in [6.07, 6.45) is -0.719. The molecule has 4 rings (SSSR count). The number of carboxylic acid groups (broad SMARTS) is 1. The number of benzene rings is 3. The Labute approximate surface area is 193 Å². The Morgan fingerprint density at radius 1 is 1.09 bits per heavy atom. The Balaban J connectivity index is 1.38. The van der Waals surface area contributed by atoms with Crippen molar-refractivity contribution in [3.05, 3.63) is 98.8 Å². The van der Waals surface area contributed by atoms with Crippen molar-refractivity contribution >= 4 is 17.7 Å². The molecule has 1 amide bonds. The van der Waals surface area contributed by atoms with Crippen molar-refractivity contribution in [1.29, 1.82) is 0 Å². The molecule has 1 aliphatic rings. The Bertz CT molecular complexity index is 1330. The summed E-state index contributed by atoms with van der Waals surface area (Å²) in [5.74, 6) is 2.09. The molecule has 0 unspecified atom stereocenters. The Hall–Kier alpha value is -4.71. The number of amides is 1. The van der Waals surface area contributed by atoms with E-state index in [1.807, 2.05) is 48.5 Å². The summed E-state index contributed by atoms with van der Waals surface area (Å²) in [6, 6.07) is 17.1. The standard InChI is InChI=1S/C25H17FN2O6/c26-22-13-20(24(29)30)23(28(32)33)12-15(22)6-5-11-27-25(31)34-14-21-18-9-3-1-7-16(18)17-8-2-4-10-19(17)21/h1-4,7-10,12-13,21H,11,14H2,(H,27,31)(H,29,30). The van der Waals surface area contributed by atoms with Gasteiger partial charge in [-0.15, -0.1) is 0 Å². The first kappa shape index (κ1) is 22.5. The second-order valence-electron chi connectivity index (χ2n) is 7.39. The zero-order valence-corrected chi connectivity index (χ0v) is 17.6. The molecule has 0 saturated heterocycles. The first-order valence-corrected chi connectivity index (χ1v) is 10.2. The van der Waals surface area contributed by atoms with Gasteiger partial charge in [-0.1, -0.05) is 60.4 Å². The maximum atomic E-state index is 14.1. The first-order chi connectivity index (χ1) is 16.4. The predicted octanol–water partition coefficient (Wildman–Crippen LogP) is 4.32. The van der Waals surface area contributed by atoms with Crippen molar-refractivity contribution in [1.82, 2.24) is 5.32 Å². The predicted molar refractivity (Wildman–Crippen MR) is 120 cm³/mol. The van der Waals surface area contributed by atoms with Crippen LogP contribution < -0.4 is 5.32 Å². The third-order valence-electron chi connectivity index (χ3n) is 5.40. The van der Waals surface area contributed by atoms with Crippen molar-refractivity contribution in [3.8, 4) is 23.0 Å². The molecule has 0 aliphatic heterocycles. The second kappa shape index (κ2) is 9.42. The number of carbonyl (C=O) groups is 2. The Morgan fingerprint density at radius 3 is 2.29 bits per heavy atom.